The van der Waals surface area contributed by atoms with E-state index in [2.05, 4.69) is 41.5 Å². The third kappa shape index (κ3) is 3.55. The first kappa shape index (κ1) is 13.1. The van der Waals surface area contributed by atoms with Gasteiger partial charge in [-0.2, -0.15) is 0 Å². The van der Waals surface area contributed by atoms with Gasteiger partial charge >= 0.3 is 0 Å². The first-order valence-corrected chi connectivity index (χ1v) is 6.90. The summed E-state index contributed by atoms with van der Waals surface area (Å²) >= 11 is 1.66. The SMILES string of the molecule is COCC(C)CNc1ccc(-c2nccs2)cc1. The van der Waals surface area contributed by atoms with Crippen molar-refractivity contribution >= 4 is 17.0 Å². The molecule has 4 heteroatoms. The minimum absolute atomic E-state index is 0.508. The maximum absolute atomic E-state index is 5.11. The summed E-state index contributed by atoms with van der Waals surface area (Å²) in [6.45, 7) is 3.87. The fourth-order valence-electron chi connectivity index (χ4n) is 1.73. The van der Waals surface area contributed by atoms with Crippen LogP contribution in [0.4, 0.5) is 5.69 Å². The normalized spacial score (nSPS) is 12.3. The number of methoxy groups -OCH3 is 1. The van der Waals surface area contributed by atoms with Crippen LogP contribution in [0.5, 0.6) is 0 Å². The Morgan fingerprint density at radius 2 is 2.11 bits per heavy atom. The average molecular weight is 262 g/mol. The van der Waals surface area contributed by atoms with Gasteiger partial charge in [-0.05, 0) is 30.2 Å². The third-order valence-corrected chi connectivity index (χ3v) is 3.49. The van der Waals surface area contributed by atoms with Gasteiger partial charge in [-0.15, -0.1) is 11.3 Å². The summed E-state index contributed by atoms with van der Waals surface area (Å²) in [6.07, 6.45) is 1.83. The molecule has 1 aromatic carbocycles. The van der Waals surface area contributed by atoms with E-state index < -0.39 is 0 Å². The molecule has 2 rings (SSSR count). The van der Waals surface area contributed by atoms with E-state index in [0.29, 0.717) is 5.92 Å². The van der Waals surface area contributed by atoms with Gasteiger partial charge in [0, 0.05) is 36.5 Å². The first-order valence-electron chi connectivity index (χ1n) is 6.02. The van der Waals surface area contributed by atoms with Gasteiger partial charge in [0.25, 0.3) is 0 Å². The molecular formula is C14H18N2OS. The van der Waals surface area contributed by atoms with Gasteiger partial charge in [0.05, 0.1) is 6.61 Å². The molecule has 0 radical (unpaired) electrons. The number of rotatable bonds is 6. The van der Waals surface area contributed by atoms with E-state index in [1.54, 1.807) is 18.4 Å². The smallest absolute Gasteiger partial charge is 0.123 e. The average Bonchev–Trinajstić information content (AvgIpc) is 2.91. The lowest BCUT2D eigenvalue weighted by Crippen LogP contribution is -2.15. The van der Waals surface area contributed by atoms with Crippen LogP contribution in [-0.4, -0.2) is 25.2 Å². The Morgan fingerprint density at radius 1 is 1.33 bits per heavy atom. The van der Waals surface area contributed by atoms with Crippen molar-refractivity contribution < 1.29 is 4.74 Å². The molecule has 1 N–H and O–H groups in total. The molecule has 0 saturated carbocycles. The zero-order chi connectivity index (χ0) is 12.8. The molecule has 1 heterocycles. The van der Waals surface area contributed by atoms with E-state index in [4.69, 9.17) is 4.74 Å². The van der Waals surface area contributed by atoms with Crippen molar-refractivity contribution in [3.8, 4) is 10.6 Å². The van der Waals surface area contributed by atoms with Gasteiger partial charge in [-0.3, -0.25) is 0 Å². The van der Waals surface area contributed by atoms with Crippen LogP contribution < -0.4 is 5.32 Å². The van der Waals surface area contributed by atoms with Crippen LogP contribution in [0.1, 0.15) is 6.92 Å². The summed E-state index contributed by atoms with van der Waals surface area (Å²) in [7, 11) is 1.74. The Kier molecular flexibility index (Phi) is 4.73. The Labute approximate surface area is 112 Å². The largest absolute Gasteiger partial charge is 0.385 e. The van der Waals surface area contributed by atoms with E-state index in [0.717, 1.165) is 23.8 Å². The van der Waals surface area contributed by atoms with Crippen LogP contribution >= 0.6 is 11.3 Å². The van der Waals surface area contributed by atoms with Gasteiger partial charge in [0.1, 0.15) is 5.01 Å². The first-order chi connectivity index (χ1) is 8.79. The highest BCUT2D eigenvalue weighted by Crippen LogP contribution is 2.23. The highest BCUT2D eigenvalue weighted by molar-refractivity contribution is 7.13. The lowest BCUT2D eigenvalue weighted by molar-refractivity contribution is 0.164. The Bertz CT molecular complexity index is 453. The molecule has 0 bridgehead atoms. The van der Waals surface area contributed by atoms with Crippen LogP contribution in [0.25, 0.3) is 10.6 Å². The second-order valence-corrected chi connectivity index (χ2v) is 5.25. The Hall–Kier alpha value is -1.39. The van der Waals surface area contributed by atoms with Gasteiger partial charge in [0.2, 0.25) is 0 Å². The van der Waals surface area contributed by atoms with Crippen LogP contribution in [0.3, 0.4) is 0 Å². The molecule has 0 spiro atoms. The van der Waals surface area contributed by atoms with Crippen LogP contribution in [0.2, 0.25) is 0 Å². The number of ether oxygens (including phenoxy) is 1. The molecule has 0 fully saturated rings. The molecule has 96 valence electrons. The maximum Gasteiger partial charge on any atom is 0.123 e. The van der Waals surface area contributed by atoms with E-state index in [-0.39, 0.29) is 0 Å². The summed E-state index contributed by atoms with van der Waals surface area (Å²) in [5, 5.41) is 6.46. The lowest BCUT2D eigenvalue weighted by Gasteiger charge is -2.12. The third-order valence-electron chi connectivity index (χ3n) is 2.67. The van der Waals surface area contributed by atoms with Gasteiger partial charge in [-0.25, -0.2) is 4.98 Å². The van der Waals surface area contributed by atoms with Crippen molar-refractivity contribution in [3.63, 3.8) is 0 Å². The van der Waals surface area contributed by atoms with Crippen molar-refractivity contribution in [2.24, 2.45) is 5.92 Å². The number of nitrogens with zero attached hydrogens (tertiary/aromatic N) is 1. The number of nitrogens with one attached hydrogen (secondary N) is 1. The summed E-state index contributed by atoms with van der Waals surface area (Å²) in [5.41, 5.74) is 2.30. The predicted molar refractivity (Wildman–Crippen MR) is 77.1 cm³/mol. The van der Waals surface area contributed by atoms with E-state index in [1.807, 2.05) is 11.6 Å². The number of aromatic nitrogens is 1. The summed E-state index contributed by atoms with van der Waals surface area (Å²) in [6, 6.07) is 8.39. The van der Waals surface area contributed by atoms with E-state index in [1.165, 1.54) is 5.56 Å². The van der Waals surface area contributed by atoms with Gasteiger partial charge in [-0.1, -0.05) is 6.92 Å². The van der Waals surface area contributed by atoms with Crippen LogP contribution in [0.15, 0.2) is 35.8 Å². The standard InChI is InChI=1S/C14H18N2OS/c1-11(10-17-2)9-16-13-5-3-12(4-6-13)14-15-7-8-18-14/h3-8,11,16H,9-10H2,1-2H3. The molecule has 0 aliphatic rings. The zero-order valence-electron chi connectivity index (χ0n) is 10.7. The minimum atomic E-state index is 0.508. The van der Waals surface area contributed by atoms with Crippen molar-refractivity contribution in [1.82, 2.24) is 4.98 Å². The van der Waals surface area contributed by atoms with Crippen LogP contribution in [-0.2, 0) is 4.74 Å². The monoisotopic (exact) mass is 262 g/mol. The second kappa shape index (κ2) is 6.52. The number of anilines is 1. The molecule has 1 unspecified atom stereocenters. The van der Waals surface area contributed by atoms with E-state index >= 15 is 0 Å². The Morgan fingerprint density at radius 3 is 2.72 bits per heavy atom. The van der Waals surface area contributed by atoms with Crippen molar-refractivity contribution in [1.29, 1.82) is 0 Å². The molecule has 0 amide bonds. The fourth-order valence-corrected chi connectivity index (χ4v) is 2.38. The van der Waals surface area contributed by atoms with Crippen molar-refractivity contribution in [2.75, 3.05) is 25.6 Å². The van der Waals surface area contributed by atoms with E-state index in [9.17, 15) is 0 Å². The molecule has 1 aromatic heterocycles. The van der Waals surface area contributed by atoms with Crippen molar-refractivity contribution in [2.45, 2.75) is 6.92 Å². The Balaban J connectivity index is 1.92. The number of benzene rings is 1. The molecular weight excluding hydrogens is 244 g/mol. The molecule has 0 aliphatic carbocycles. The molecule has 0 aliphatic heterocycles. The molecule has 1 atom stereocenters. The highest BCUT2D eigenvalue weighted by Gasteiger charge is 2.02. The topological polar surface area (TPSA) is 34.1 Å². The minimum Gasteiger partial charge on any atom is -0.385 e. The number of thiazole rings is 1. The second-order valence-electron chi connectivity index (χ2n) is 4.36. The number of hydrogen-bond acceptors (Lipinski definition) is 4. The summed E-state index contributed by atoms with van der Waals surface area (Å²) in [4.78, 5) is 4.30. The quantitative estimate of drug-likeness (QED) is 0.865. The van der Waals surface area contributed by atoms with Gasteiger partial charge < -0.3 is 10.1 Å². The van der Waals surface area contributed by atoms with Crippen LogP contribution in [0, 0.1) is 5.92 Å². The molecule has 3 nitrogen and oxygen atoms in total. The summed E-state index contributed by atoms with van der Waals surface area (Å²) < 4.78 is 5.11. The van der Waals surface area contributed by atoms with Crippen molar-refractivity contribution in [3.05, 3.63) is 35.8 Å². The molecule has 2 aromatic rings. The maximum atomic E-state index is 5.11. The zero-order valence-corrected chi connectivity index (χ0v) is 11.5. The highest BCUT2D eigenvalue weighted by atomic mass is 32.1. The molecule has 18 heavy (non-hydrogen) atoms. The molecule has 0 saturated heterocycles. The fraction of sp³-hybridized carbons (Fsp3) is 0.357. The van der Waals surface area contributed by atoms with Gasteiger partial charge in [0.15, 0.2) is 0 Å². The lowest BCUT2D eigenvalue weighted by atomic mass is 10.2. The summed E-state index contributed by atoms with van der Waals surface area (Å²) in [5.74, 6) is 0.508. The number of hydrogen-bond donors (Lipinski definition) is 1. The predicted octanol–water partition coefficient (Wildman–Crippen LogP) is 3.50.